The minimum absolute atomic E-state index is 0.0282. The van der Waals surface area contributed by atoms with Gasteiger partial charge in [-0.1, -0.05) is 5.16 Å². The van der Waals surface area contributed by atoms with E-state index in [0.29, 0.717) is 5.52 Å². The number of fused-ring (bicyclic) bond motifs is 1. The van der Waals surface area contributed by atoms with Crippen LogP contribution in [0.15, 0.2) is 23.0 Å². The van der Waals surface area contributed by atoms with Gasteiger partial charge in [-0.25, -0.2) is 9.37 Å². The molecule has 0 amide bonds. The van der Waals surface area contributed by atoms with Crippen molar-refractivity contribution < 1.29 is 22.1 Å². The van der Waals surface area contributed by atoms with E-state index in [-0.39, 0.29) is 22.8 Å². The third kappa shape index (κ3) is 2.71. The molecule has 5 nitrogen and oxygen atoms in total. The third-order valence-corrected chi connectivity index (χ3v) is 2.85. The maximum atomic E-state index is 13.9. The molecule has 1 aromatic carbocycles. The molecule has 0 aliphatic carbocycles. The number of hydrogen-bond acceptors (Lipinski definition) is 4. The number of aromatic nitrogens is 4. The van der Waals surface area contributed by atoms with Gasteiger partial charge < -0.3 is 9.51 Å². The fourth-order valence-corrected chi connectivity index (χ4v) is 1.90. The maximum Gasteiger partial charge on any atom is 0.389 e. The molecule has 110 valence electrons. The lowest BCUT2D eigenvalue weighted by Crippen LogP contribution is -2.09. The molecule has 0 radical (unpaired) electrons. The van der Waals surface area contributed by atoms with E-state index >= 15 is 0 Å². The quantitative estimate of drug-likeness (QED) is 0.754. The first kappa shape index (κ1) is 13.5. The summed E-state index contributed by atoms with van der Waals surface area (Å²) in [7, 11) is 0. The lowest BCUT2D eigenvalue weighted by molar-refractivity contribution is -0.134. The summed E-state index contributed by atoms with van der Waals surface area (Å²) in [5, 5.41) is 3.44. The Hall–Kier alpha value is -2.45. The topological polar surface area (TPSA) is 67.6 Å². The van der Waals surface area contributed by atoms with Crippen LogP contribution < -0.4 is 0 Å². The second-order valence-corrected chi connectivity index (χ2v) is 4.35. The van der Waals surface area contributed by atoms with Crippen molar-refractivity contribution in [3.05, 3.63) is 30.1 Å². The zero-order valence-electron chi connectivity index (χ0n) is 10.4. The molecule has 0 atom stereocenters. The molecular weight excluding hydrogens is 292 g/mol. The number of H-pyrrole nitrogens is 1. The summed E-state index contributed by atoms with van der Waals surface area (Å²) in [4.78, 5) is 10.5. The number of hydrogen-bond donors (Lipinski definition) is 1. The van der Waals surface area contributed by atoms with Crippen LogP contribution in [-0.4, -0.2) is 26.3 Å². The normalized spacial score (nSPS) is 12.2. The lowest BCUT2D eigenvalue weighted by atomic mass is 10.1. The molecule has 3 aromatic rings. The van der Waals surface area contributed by atoms with Crippen molar-refractivity contribution in [1.82, 2.24) is 20.1 Å². The fourth-order valence-electron chi connectivity index (χ4n) is 1.90. The highest BCUT2D eigenvalue weighted by atomic mass is 19.4. The van der Waals surface area contributed by atoms with Crippen LogP contribution in [0.3, 0.4) is 0 Å². The van der Waals surface area contributed by atoms with Crippen molar-refractivity contribution >= 4 is 11.0 Å². The Morgan fingerprint density at radius 1 is 1.24 bits per heavy atom. The summed E-state index contributed by atoms with van der Waals surface area (Å²) in [6.45, 7) is 0. The van der Waals surface area contributed by atoms with Gasteiger partial charge in [0, 0.05) is 6.42 Å². The second kappa shape index (κ2) is 4.83. The molecule has 0 saturated carbocycles. The van der Waals surface area contributed by atoms with E-state index < -0.39 is 24.8 Å². The van der Waals surface area contributed by atoms with Crippen molar-refractivity contribution in [3.63, 3.8) is 0 Å². The van der Waals surface area contributed by atoms with Gasteiger partial charge in [0.05, 0.1) is 18.3 Å². The zero-order chi connectivity index (χ0) is 15.0. The van der Waals surface area contributed by atoms with Crippen molar-refractivity contribution in [1.29, 1.82) is 0 Å². The van der Waals surface area contributed by atoms with Crippen molar-refractivity contribution in [2.75, 3.05) is 0 Å². The molecule has 3 rings (SSSR count). The average molecular weight is 300 g/mol. The number of imidazole rings is 1. The van der Waals surface area contributed by atoms with Gasteiger partial charge in [0.2, 0.25) is 0 Å². The minimum atomic E-state index is -4.31. The Morgan fingerprint density at radius 3 is 2.81 bits per heavy atom. The first-order valence-corrected chi connectivity index (χ1v) is 5.95. The molecule has 0 fully saturated rings. The number of benzene rings is 1. The predicted octanol–water partition coefficient (Wildman–Crippen LogP) is 3.25. The third-order valence-electron chi connectivity index (χ3n) is 2.85. The Bertz CT molecular complexity index is 777. The molecule has 0 bridgehead atoms. The largest absolute Gasteiger partial charge is 0.389 e. The van der Waals surface area contributed by atoms with E-state index in [9.17, 15) is 17.6 Å². The number of rotatable bonds is 3. The first-order chi connectivity index (χ1) is 9.94. The number of aryl methyl sites for hydroxylation is 1. The van der Waals surface area contributed by atoms with Crippen LogP contribution in [0, 0.1) is 5.82 Å². The number of halogens is 4. The van der Waals surface area contributed by atoms with Crippen molar-refractivity contribution in [3.8, 4) is 11.5 Å². The molecule has 0 aliphatic rings. The molecule has 2 aromatic heterocycles. The zero-order valence-corrected chi connectivity index (χ0v) is 10.4. The van der Waals surface area contributed by atoms with Gasteiger partial charge in [0.1, 0.15) is 16.9 Å². The van der Waals surface area contributed by atoms with Gasteiger partial charge in [-0.05, 0) is 12.1 Å². The monoisotopic (exact) mass is 300 g/mol. The molecule has 0 unspecified atom stereocenters. The van der Waals surface area contributed by atoms with Gasteiger partial charge in [-0.15, -0.1) is 0 Å². The molecule has 0 saturated heterocycles. The van der Waals surface area contributed by atoms with Crippen LogP contribution in [0.5, 0.6) is 0 Å². The van der Waals surface area contributed by atoms with Gasteiger partial charge in [-0.2, -0.15) is 18.2 Å². The SMILES string of the molecule is Fc1ccc2[nH]cnc2c1-c1nc(CCC(F)(F)F)no1. The summed E-state index contributed by atoms with van der Waals surface area (Å²) < 4.78 is 55.2. The van der Waals surface area contributed by atoms with Gasteiger partial charge in [0.15, 0.2) is 5.82 Å². The van der Waals surface area contributed by atoms with Crippen LogP contribution in [0.25, 0.3) is 22.5 Å². The molecule has 0 aliphatic heterocycles. The van der Waals surface area contributed by atoms with Gasteiger partial charge in [-0.3, -0.25) is 0 Å². The Morgan fingerprint density at radius 2 is 2.05 bits per heavy atom. The highest BCUT2D eigenvalue weighted by molar-refractivity contribution is 5.89. The molecule has 21 heavy (non-hydrogen) atoms. The van der Waals surface area contributed by atoms with Crippen LogP contribution in [-0.2, 0) is 6.42 Å². The smallest absolute Gasteiger partial charge is 0.345 e. The number of nitrogens with zero attached hydrogens (tertiary/aromatic N) is 3. The highest BCUT2D eigenvalue weighted by Crippen LogP contribution is 2.29. The fraction of sp³-hybridized carbons (Fsp3) is 0.250. The van der Waals surface area contributed by atoms with E-state index in [4.69, 9.17) is 4.52 Å². The van der Waals surface area contributed by atoms with Crippen LogP contribution in [0.4, 0.5) is 17.6 Å². The number of nitrogens with one attached hydrogen (secondary N) is 1. The van der Waals surface area contributed by atoms with Crippen molar-refractivity contribution in [2.45, 2.75) is 19.0 Å². The summed E-state index contributed by atoms with van der Waals surface area (Å²) in [5.41, 5.74) is 0.807. The second-order valence-electron chi connectivity index (χ2n) is 4.35. The maximum absolute atomic E-state index is 13.9. The van der Waals surface area contributed by atoms with E-state index in [1.807, 2.05) is 0 Å². The van der Waals surface area contributed by atoms with Crippen molar-refractivity contribution in [2.24, 2.45) is 0 Å². The van der Waals surface area contributed by atoms with Gasteiger partial charge in [0.25, 0.3) is 5.89 Å². The van der Waals surface area contributed by atoms with Gasteiger partial charge >= 0.3 is 6.18 Å². The highest BCUT2D eigenvalue weighted by Gasteiger charge is 2.28. The molecule has 2 heterocycles. The first-order valence-electron chi connectivity index (χ1n) is 5.95. The van der Waals surface area contributed by atoms with Crippen LogP contribution in [0.2, 0.25) is 0 Å². The van der Waals surface area contributed by atoms with E-state index in [1.54, 1.807) is 0 Å². The Kier molecular flexibility index (Phi) is 3.11. The summed E-state index contributed by atoms with van der Waals surface area (Å²) in [5.74, 6) is -0.961. The van der Waals surface area contributed by atoms with E-state index in [0.717, 1.165) is 0 Å². The molecule has 1 N–H and O–H groups in total. The van der Waals surface area contributed by atoms with E-state index in [1.165, 1.54) is 18.5 Å². The lowest BCUT2D eigenvalue weighted by Gasteiger charge is -2.02. The summed E-state index contributed by atoms with van der Waals surface area (Å²) in [6.07, 6.45) is -4.44. The number of aromatic amines is 1. The van der Waals surface area contributed by atoms with Crippen LogP contribution >= 0.6 is 0 Å². The molecule has 9 heteroatoms. The molecule has 0 spiro atoms. The predicted molar refractivity (Wildman–Crippen MR) is 63.7 cm³/mol. The minimum Gasteiger partial charge on any atom is -0.345 e. The summed E-state index contributed by atoms with van der Waals surface area (Å²) in [6, 6.07) is 2.68. The number of alkyl halides is 3. The standard InChI is InChI=1S/C12H8F4N4O/c13-6-1-2-7-10(18-5-17-7)9(6)11-19-8(20-21-11)3-4-12(14,15)16/h1-2,5H,3-4H2,(H,17,18). The Labute approximate surface area is 115 Å². The van der Waals surface area contributed by atoms with Crippen LogP contribution in [0.1, 0.15) is 12.2 Å². The van der Waals surface area contributed by atoms with E-state index in [2.05, 4.69) is 20.1 Å². The Balaban J connectivity index is 1.95. The summed E-state index contributed by atoms with van der Waals surface area (Å²) >= 11 is 0. The average Bonchev–Trinajstić information content (AvgIpc) is 3.03. The molecular formula is C12H8F4N4O.